The monoisotopic (exact) mass is 427 g/mol. The molecule has 160 valence electrons. The third-order valence-electron chi connectivity index (χ3n) is 4.72. The summed E-state index contributed by atoms with van der Waals surface area (Å²) in [5.41, 5.74) is 1.16. The van der Waals surface area contributed by atoms with Crippen molar-refractivity contribution in [1.29, 1.82) is 0 Å². The molecule has 0 aliphatic heterocycles. The van der Waals surface area contributed by atoms with Gasteiger partial charge in [0, 0.05) is 6.07 Å². The van der Waals surface area contributed by atoms with Crippen LogP contribution >= 0.6 is 0 Å². The van der Waals surface area contributed by atoms with Crippen LogP contribution in [0.15, 0.2) is 60.7 Å². The highest BCUT2D eigenvalue weighted by Gasteiger charge is 2.36. The molecule has 8 heteroatoms. The number of aryl methyl sites for hydroxylation is 2. The highest BCUT2D eigenvalue weighted by atomic mass is 19.4. The summed E-state index contributed by atoms with van der Waals surface area (Å²) in [6, 6.07) is 17.3. The first-order valence-electron chi connectivity index (χ1n) is 9.68. The molecule has 4 aromatic rings. The normalized spacial score (nSPS) is 11.6. The number of rotatable bonds is 6. The molecular formula is C23H20F3N3O2. The van der Waals surface area contributed by atoms with E-state index in [-0.39, 0.29) is 35.8 Å². The van der Waals surface area contributed by atoms with Gasteiger partial charge in [0.25, 0.3) is 0 Å². The van der Waals surface area contributed by atoms with Gasteiger partial charge in [0.15, 0.2) is 5.65 Å². The maximum absolute atomic E-state index is 13.8. The number of para-hydroxylation sites is 1. The van der Waals surface area contributed by atoms with Gasteiger partial charge in [-0.25, -0.2) is 4.68 Å². The third-order valence-corrected chi connectivity index (χ3v) is 4.72. The fourth-order valence-electron chi connectivity index (χ4n) is 3.25. The number of nitrogens with zero attached hydrogens (tertiary/aromatic N) is 3. The lowest BCUT2D eigenvalue weighted by Gasteiger charge is -2.13. The minimum absolute atomic E-state index is 0.0408. The standard InChI is InChI=1S/C23H20F3N3O2/c1-15-8-10-17(11-9-15)29-22-21(16(2)28-29)19(23(24,25)26)14-20(27-22)31-13-12-30-18-6-4-3-5-7-18/h3-11,14H,12-13H2,1-2H3. The van der Waals surface area contributed by atoms with Gasteiger partial charge in [-0.3, -0.25) is 0 Å². The average Bonchev–Trinajstić information content (AvgIpc) is 3.08. The Morgan fingerprint density at radius 3 is 2.26 bits per heavy atom. The first kappa shape index (κ1) is 20.7. The summed E-state index contributed by atoms with van der Waals surface area (Å²) in [5, 5.41) is 4.27. The molecule has 0 fully saturated rings. The Bertz CT molecular complexity index is 1190. The molecule has 0 unspecified atom stereocenters. The lowest BCUT2D eigenvalue weighted by atomic mass is 10.1. The van der Waals surface area contributed by atoms with Gasteiger partial charge in [-0.05, 0) is 38.1 Å². The number of benzene rings is 2. The maximum Gasteiger partial charge on any atom is 0.417 e. The van der Waals surface area contributed by atoms with Gasteiger partial charge in [0.2, 0.25) is 5.88 Å². The summed E-state index contributed by atoms with van der Waals surface area (Å²) in [6.45, 7) is 3.68. The van der Waals surface area contributed by atoms with Crippen LogP contribution in [0.4, 0.5) is 13.2 Å². The lowest BCUT2D eigenvalue weighted by Crippen LogP contribution is -2.12. The molecule has 0 bridgehead atoms. The van der Waals surface area contributed by atoms with E-state index in [9.17, 15) is 13.2 Å². The topological polar surface area (TPSA) is 49.2 Å². The van der Waals surface area contributed by atoms with E-state index in [1.807, 2.05) is 37.3 Å². The summed E-state index contributed by atoms with van der Waals surface area (Å²) in [5.74, 6) is 0.517. The van der Waals surface area contributed by atoms with Crippen molar-refractivity contribution in [3.8, 4) is 17.3 Å². The fraction of sp³-hybridized carbons (Fsp3) is 0.217. The van der Waals surface area contributed by atoms with E-state index in [2.05, 4.69) is 10.1 Å². The van der Waals surface area contributed by atoms with Crippen molar-refractivity contribution >= 4 is 11.0 Å². The quantitative estimate of drug-likeness (QED) is 0.381. The number of ether oxygens (including phenoxy) is 2. The zero-order chi connectivity index (χ0) is 22.0. The van der Waals surface area contributed by atoms with E-state index in [1.165, 1.54) is 11.6 Å². The van der Waals surface area contributed by atoms with Crippen molar-refractivity contribution in [2.45, 2.75) is 20.0 Å². The molecule has 4 rings (SSSR count). The van der Waals surface area contributed by atoms with E-state index in [0.29, 0.717) is 11.4 Å². The molecule has 2 heterocycles. The molecule has 5 nitrogen and oxygen atoms in total. The van der Waals surface area contributed by atoms with Crippen LogP contribution in [0.5, 0.6) is 11.6 Å². The second-order valence-corrected chi connectivity index (χ2v) is 7.05. The van der Waals surface area contributed by atoms with Gasteiger partial charge in [-0.1, -0.05) is 35.9 Å². The second-order valence-electron chi connectivity index (χ2n) is 7.05. The number of aromatic nitrogens is 3. The molecule has 0 saturated heterocycles. The van der Waals surface area contributed by atoms with Crippen molar-refractivity contribution in [1.82, 2.24) is 14.8 Å². The number of fused-ring (bicyclic) bond motifs is 1. The van der Waals surface area contributed by atoms with Gasteiger partial charge in [-0.2, -0.15) is 23.3 Å². The van der Waals surface area contributed by atoms with E-state index < -0.39 is 11.7 Å². The molecule has 0 aliphatic carbocycles. The molecule has 0 aliphatic rings. The van der Waals surface area contributed by atoms with Crippen LogP contribution in [-0.2, 0) is 6.18 Å². The molecule has 0 spiro atoms. The van der Waals surface area contributed by atoms with Crippen molar-refractivity contribution in [3.63, 3.8) is 0 Å². The fourth-order valence-corrected chi connectivity index (χ4v) is 3.25. The highest BCUT2D eigenvalue weighted by Crippen LogP contribution is 2.38. The van der Waals surface area contributed by atoms with Crippen LogP contribution < -0.4 is 9.47 Å². The van der Waals surface area contributed by atoms with Crippen LogP contribution in [-0.4, -0.2) is 28.0 Å². The molecule has 2 aromatic heterocycles. The molecule has 2 aromatic carbocycles. The molecule has 0 radical (unpaired) electrons. The van der Waals surface area contributed by atoms with Crippen molar-refractivity contribution < 1.29 is 22.6 Å². The van der Waals surface area contributed by atoms with E-state index in [0.717, 1.165) is 11.6 Å². The second kappa shape index (κ2) is 8.29. The van der Waals surface area contributed by atoms with Crippen LogP contribution in [0.25, 0.3) is 16.7 Å². The van der Waals surface area contributed by atoms with Crippen LogP contribution in [0, 0.1) is 13.8 Å². The first-order chi connectivity index (χ1) is 14.8. The molecule has 31 heavy (non-hydrogen) atoms. The summed E-state index contributed by atoms with van der Waals surface area (Å²) >= 11 is 0. The largest absolute Gasteiger partial charge is 0.490 e. The Kier molecular flexibility index (Phi) is 5.54. The Labute approximate surface area is 177 Å². The van der Waals surface area contributed by atoms with Crippen LogP contribution in [0.1, 0.15) is 16.8 Å². The molecule has 0 atom stereocenters. The predicted molar refractivity (Wildman–Crippen MR) is 111 cm³/mol. The Morgan fingerprint density at radius 2 is 1.58 bits per heavy atom. The predicted octanol–water partition coefficient (Wildman–Crippen LogP) is 5.51. The molecule has 0 amide bonds. The number of hydrogen-bond acceptors (Lipinski definition) is 4. The number of pyridine rings is 1. The lowest BCUT2D eigenvalue weighted by molar-refractivity contribution is -0.136. The van der Waals surface area contributed by atoms with E-state index in [4.69, 9.17) is 9.47 Å². The Hall–Kier alpha value is -3.55. The van der Waals surface area contributed by atoms with Crippen LogP contribution in [0.2, 0.25) is 0 Å². The molecular weight excluding hydrogens is 407 g/mol. The highest BCUT2D eigenvalue weighted by molar-refractivity contribution is 5.84. The minimum atomic E-state index is -4.58. The number of hydrogen-bond donors (Lipinski definition) is 0. The Morgan fingerprint density at radius 1 is 0.903 bits per heavy atom. The van der Waals surface area contributed by atoms with Gasteiger partial charge in [0.05, 0.1) is 22.3 Å². The summed E-state index contributed by atoms with van der Waals surface area (Å²) < 4.78 is 53.9. The average molecular weight is 427 g/mol. The van der Waals surface area contributed by atoms with Gasteiger partial charge < -0.3 is 9.47 Å². The first-order valence-corrected chi connectivity index (χ1v) is 9.68. The Balaban J connectivity index is 1.67. The number of halogens is 3. The third kappa shape index (κ3) is 4.47. The van der Waals surface area contributed by atoms with E-state index in [1.54, 1.807) is 24.3 Å². The van der Waals surface area contributed by atoms with Crippen molar-refractivity contribution in [3.05, 3.63) is 77.5 Å². The summed E-state index contributed by atoms with van der Waals surface area (Å²) in [4.78, 5) is 4.34. The van der Waals surface area contributed by atoms with Gasteiger partial charge >= 0.3 is 6.18 Å². The SMILES string of the molecule is Cc1ccc(-n2nc(C)c3c(C(F)(F)F)cc(OCCOc4ccccc4)nc32)cc1. The molecule has 0 N–H and O–H groups in total. The smallest absolute Gasteiger partial charge is 0.417 e. The number of alkyl halides is 3. The van der Waals surface area contributed by atoms with Crippen molar-refractivity contribution in [2.75, 3.05) is 13.2 Å². The summed E-state index contributed by atoms with van der Waals surface area (Å²) in [7, 11) is 0. The van der Waals surface area contributed by atoms with Crippen LogP contribution in [0.3, 0.4) is 0 Å². The van der Waals surface area contributed by atoms with Gasteiger partial charge in [-0.15, -0.1) is 0 Å². The summed E-state index contributed by atoms with van der Waals surface area (Å²) in [6.07, 6.45) is -4.58. The zero-order valence-corrected chi connectivity index (χ0v) is 17.0. The maximum atomic E-state index is 13.8. The molecule has 0 saturated carbocycles. The van der Waals surface area contributed by atoms with Gasteiger partial charge in [0.1, 0.15) is 19.0 Å². The zero-order valence-electron chi connectivity index (χ0n) is 17.0. The van der Waals surface area contributed by atoms with E-state index >= 15 is 0 Å². The van der Waals surface area contributed by atoms with Crippen molar-refractivity contribution in [2.24, 2.45) is 0 Å². The minimum Gasteiger partial charge on any atom is -0.490 e.